The molecule has 1 saturated carbocycles. The van der Waals surface area contributed by atoms with Gasteiger partial charge in [-0.3, -0.25) is 0 Å². The van der Waals surface area contributed by atoms with Crippen LogP contribution in [0.4, 0.5) is 20.4 Å². The van der Waals surface area contributed by atoms with Crippen LogP contribution in [-0.4, -0.2) is 33.6 Å². The Hall–Kier alpha value is -1.78. The maximum Gasteiger partial charge on any atom is 0.388 e. The van der Waals surface area contributed by atoms with Crippen molar-refractivity contribution in [2.24, 2.45) is 0 Å². The minimum absolute atomic E-state index is 0.189. The summed E-state index contributed by atoms with van der Waals surface area (Å²) in [6.45, 7) is -2.89. The molecule has 128 valence electrons. The van der Waals surface area contributed by atoms with E-state index in [4.69, 9.17) is 0 Å². The van der Waals surface area contributed by atoms with Crippen LogP contribution in [0.15, 0.2) is 30.7 Å². The van der Waals surface area contributed by atoms with Crippen LogP contribution in [0.25, 0.3) is 0 Å². The fraction of sp³-hybridized carbons (Fsp3) is 0.400. The largest absolute Gasteiger partial charge is 0.415 e. The molecule has 6 nitrogen and oxygen atoms in total. The lowest BCUT2D eigenvalue weighted by Gasteiger charge is -2.15. The van der Waals surface area contributed by atoms with E-state index < -0.39 is 6.61 Å². The lowest BCUT2D eigenvalue weighted by molar-refractivity contribution is -0.0530. The molecule has 2 N–H and O–H groups in total. The average Bonchev–Trinajstić information content (AvgIpc) is 2.98. The summed E-state index contributed by atoms with van der Waals surface area (Å²) in [7, 11) is 0. The van der Waals surface area contributed by atoms with Crippen LogP contribution in [0.1, 0.15) is 19.3 Å². The van der Waals surface area contributed by atoms with E-state index in [0.717, 1.165) is 28.7 Å². The van der Waals surface area contributed by atoms with Gasteiger partial charge in [0.05, 0.1) is 12.4 Å². The van der Waals surface area contributed by atoms with E-state index >= 15 is 0 Å². The molecule has 0 aromatic carbocycles. The number of hydrogen-bond acceptors (Lipinski definition) is 6. The number of rotatable bonds is 6. The van der Waals surface area contributed by atoms with Crippen molar-refractivity contribution >= 4 is 34.2 Å². The van der Waals surface area contributed by atoms with Gasteiger partial charge in [-0.05, 0) is 54.0 Å². The molecule has 0 saturated heterocycles. The number of hydrogen-bond donors (Lipinski definition) is 2. The van der Waals surface area contributed by atoms with Crippen molar-refractivity contribution in [2.75, 3.05) is 10.6 Å². The minimum Gasteiger partial charge on any atom is -0.415 e. The molecule has 3 rings (SSSR count). The third kappa shape index (κ3) is 4.86. The first-order valence-corrected chi connectivity index (χ1v) is 8.58. The van der Waals surface area contributed by atoms with Crippen LogP contribution in [-0.2, 0) is 0 Å². The van der Waals surface area contributed by atoms with Crippen LogP contribution in [0.3, 0.4) is 0 Å². The molecule has 1 aliphatic rings. The van der Waals surface area contributed by atoms with E-state index in [1.165, 1.54) is 12.4 Å². The van der Waals surface area contributed by atoms with E-state index in [-0.39, 0.29) is 11.9 Å². The molecule has 1 aliphatic carbocycles. The number of alkyl halides is 2. The second-order valence-corrected chi connectivity index (χ2v) is 6.72. The highest BCUT2D eigenvalue weighted by molar-refractivity contribution is 14.1. The van der Waals surface area contributed by atoms with Crippen LogP contribution in [0, 0.1) is 3.57 Å². The summed E-state index contributed by atoms with van der Waals surface area (Å²) in [6, 6.07) is 4.57. The number of anilines is 2. The standard InChI is InChI=1S/C15H16F2IN5O/c16-15(17)24-14-8-20-13(7-21-14)23-11-3-2-10(5-11)22-12-4-1-9(18)6-19-12/h1,4,6-8,10-11,15H,2-3,5H2,(H,19,22)(H,20,23)/t10-,11-/m0/s1. The van der Waals surface area contributed by atoms with Crippen molar-refractivity contribution < 1.29 is 13.5 Å². The molecule has 2 heterocycles. The van der Waals surface area contributed by atoms with Gasteiger partial charge in [0.1, 0.15) is 11.6 Å². The highest BCUT2D eigenvalue weighted by Gasteiger charge is 2.25. The Morgan fingerprint density at radius 1 is 1.00 bits per heavy atom. The van der Waals surface area contributed by atoms with Gasteiger partial charge in [-0.25, -0.2) is 15.0 Å². The van der Waals surface area contributed by atoms with E-state index in [1.54, 1.807) is 0 Å². The Labute approximate surface area is 151 Å². The molecule has 0 aliphatic heterocycles. The number of nitrogens with one attached hydrogen (secondary N) is 2. The van der Waals surface area contributed by atoms with E-state index in [1.807, 2.05) is 18.3 Å². The summed E-state index contributed by atoms with van der Waals surface area (Å²) in [4.78, 5) is 12.2. The summed E-state index contributed by atoms with van der Waals surface area (Å²) in [5, 5.41) is 6.69. The molecule has 9 heteroatoms. The van der Waals surface area contributed by atoms with Gasteiger partial charge in [0.2, 0.25) is 5.88 Å². The smallest absolute Gasteiger partial charge is 0.388 e. The molecular weight excluding hydrogens is 431 g/mol. The van der Waals surface area contributed by atoms with Crippen molar-refractivity contribution in [3.05, 3.63) is 34.3 Å². The topological polar surface area (TPSA) is 72.0 Å². The first kappa shape index (κ1) is 17.1. The van der Waals surface area contributed by atoms with Crippen molar-refractivity contribution in [3.63, 3.8) is 0 Å². The van der Waals surface area contributed by atoms with Gasteiger partial charge in [-0.2, -0.15) is 8.78 Å². The first-order valence-electron chi connectivity index (χ1n) is 7.50. The van der Waals surface area contributed by atoms with E-state index in [0.29, 0.717) is 11.9 Å². The fourth-order valence-electron chi connectivity index (χ4n) is 2.67. The highest BCUT2D eigenvalue weighted by atomic mass is 127. The predicted octanol–water partition coefficient (Wildman–Crippen LogP) is 3.52. The molecule has 0 spiro atoms. The summed E-state index contributed by atoms with van der Waals surface area (Å²) in [5.74, 6) is 1.23. The van der Waals surface area contributed by atoms with Crippen LogP contribution >= 0.6 is 22.6 Å². The molecule has 0 bridgehead atoms. The van der Waals surface area contributed by atoms with Crippen molar-refractivity contribution in [1.29, 1.82) is 0 Å². The highest BCUT2D eigenvalue weighted by Crippen LogP contribution is 2.25. The maximum absolute atomic E-state index is 12.1. The van der Waals surface area contributed by atoms with E-state index in [2.05, 4.69) is 52.9 Å². The third-order valence-electron chi connectivity index (χ3n) is 3.70. The quantitative estimate of drug-likeness (QED) is 0.661. The number of ether oxygens (including phenoxy) is 1. The van der Waals surface area contributed by atoms with Gasteiger partial charge < -0.3 is 15.4 Å². The van der Waals surface area contributed by atoms with Gasteiger partial charge in [-0.1, -0.05) is 0 Å². The third-order valence-corrected chi connectivity index (χ3v) is 4.34. The van der Waals surface area contributed by atoms with Gasteiger partial charge in [0, 0.05) is 21.9 Å². The van der Waals surface area contributed by atoms with Crippen LogP contribution < -0.4 is 15.4 Å². The average molecular weight is 447 g/mol. The monoisotopic (exact) mass is 447 g/mol. The Morgan fingerprint density at radius 3 is 2.29 bits per heavy atom. The SMILES string of the molecule is FC(F)Oc1cnc(N[C@H]2CC[C@H](Nc3ccc(I)cn3)C2)cn1. The number of pyridine rings is 1. The molecule has 2 aromatic rings. The Bertz CT molecular complexity index is 656. The fourth-order valence-corrected chi connectivity index (χ4v) is 2.99. The minimum atomic E-state index is -2.89. The first-order chi connectivity index (χ1) is 11.6. The molecule has 24 heavy (non-hydrogen) atoms. The van der Waals surface area contributed by atoms with Gasteiger partial charge >= 0.3 is 6.61 Å². The number of aromatic nitrogens is 3. The van der Waals surface area contributed by atoms with E-state index in [9.17, 15) is 8.78 Å². The Morgan fingerprint density at radius 2 is 1.71 bits per heavy atom. The molecule has 0 radical (unpaired) electrons. The van der Waals surface area contributed by atoms with Gasteiger partial charge in [0.15, 0.2) is 0 Å². The molecule has 2 aromatic heterocycles. The normalized spacial score (nSPS) is 20.2. The number of nitrogens with zero attached hydrogens (tertiary/aromatic N) is 3. The van der Waals surface area contributed by atoms with Crippen LogP contribution in [0.5, 0.6) is 5.88 Å². The van der Waals surface area contributed by atoms with Crippen molar-refractivity contribution in [2.45, 2.75) is 38.0 Å². The Balaban J connectivity index is 1.49. The van der Waals surface area contributed by atoms with Gasteiger partial charge in [-0.15, -0.1) is 0 Å². The Kier molecular flexibility index (Phi) is 5.59. The molecule has 1 fully saturated rings. The molecule has 2 atom stereocenters. The predicted molar refractivity (Wildman–Crippen MR) is 94.3 cm³/mol. The lowest BCUT2D eigenvalue weighted by atomic mass is 10.2. The molecule has 0 amide bonds. The summed E-state index contributed by atoms with van der Waals surface area (Å²) < 4.78 is 29.4. The number of halogens is 3. The summed E-state index contributed by atoms with van der Waals surface area (Å²) in [5.41, 5.74) is 0. The zero-order valence-electron chi connectivity index (χ0n) is 12.6. The summed E-state index contributed by atoms with van der Waals surface area (Å²) in [6.07, 6.45) is 7.34. The molecular formula is C15H16F2IN5O. The van der Waals surface area contributed by atoms with Gasteiger partial charge in [0.25, 0.3) is 0 Å². The second kappa shape index (κ2) is 7.86. The van der Waals surface area contributed by atoms with Crippen LogP contribution in [0.2, 0.25) is 0 Å². The summed E-state index contributed by atoms with van der Waals surface area (Å²) >= 11 is 2.22. The van der Waals surface area contributed by atoms with Crippen molar-refractivity contribution in [1.82, 2.24) is 15.0 Å². The maximum atomic E-state index is 12.1. The van der Waals surface area contributed by atoms with Crippen molar-refractivity contribution in [3.8, 4) is 5.88 Å². The second-order valence-electron chi connectivity index (χ2n) is 5.48. The zero-order chi connectivity index (χ0) is 16.9. The zero-order valence-corrected chi connectivity index (χ0v) is 14.8. The molecule has 0 unspecified atom stereocenters. The lowest BCUT2D eigenvalue weighted by Crippen LogP contribution is -2.21.